The highest BCUT2D eigenvalue weighted by Crippen LogP contribution is 2.46. The van der Waals surface area contributed by atoms with Crippen LogP contribution in [0.25, 0.3) is 33.5 Å². The molecule has 11 aliphatic rings. The Balaban J connectivity index is 0.000000127. The SMILES string of the molecule is CC1=Nc2c(Nc3ccc(C4CCOCC4)cc3S(C)(=O)=O)cc(CC(=O)C3CC3)nc2C1.CS(=O)(=O)c1cc(C2CCOCC2)ccc1N.Cc1nc2c(Cl)cc(Cl)nc2n1C1CCCCO1.Cc1nc2c(Nc3ccc(C4CCOCC4)cc3S(C)(=O)=O)cc(CC(=O)C3CC3)nc2n1C1CCCCO1.Cc1nc2c(Nc3ccc(C4CCOCC4)cc3S(C)(=O)=O)cc(Cl)nc2n1C1CCCCO1.NC(=O)C1CC1. The topological polar surface area (TPSA) is 458 Å². The minimum atomic E-state index is -3.53. The first kappa shape index (κ1) is 108. The summed E-state index contributed by atoms with van der Waals surface area (Å²) in [7, 11) is -13.7. The number of benzene rings is 4. The summed E-state index contributed by atoms with van der Waals surface area (Å²) in [5.41, 5.74) is 26.2. The first-order chi connectivity index (χ1) is 70.3. The lowest BCUT2D eigenvalue weighted by molar-refractivity contribution is -0.120. The number of amides is 1. The Kier molecular flexibility index (Phi) is 34.8. The van der Waals surface area contributed by atoms with Crippen LogP contribution >= 0.6 is 34.8 Å². The zero-order chi connectivity index (χ0) is 104. The summed E-state index contributed by atoms with van der Waals surface area (Å²) in [5.74, 6) is 4.47. The van der Waals surface area contributed by atoms with E-state index in [9.17, 15) is 48.1 Å². The Morgan fingerprint density at radius 2 is 0.701 bits per heavy atom. The zero-order valence-electron chi connectivity index (χ0n) is 84.4. The number of aromatic nitrogens is 10. The summed E-state index contributed by atoms with van der Waals surface area (Å²) in [5, 5.41) is 11.2. The van der Waals surface area contributed by atoms with Gasteiger partial charge in [-0.15, -0.1) is 0 Å². The molecule has 0 spiro atoms. The number of rotatable bonds is 24. The zero-order valence-corrected chi connectivity index (χ0v) is 89.9. The van der Waals surface area contributed by atoms with E-state index in [1.165, 1.54) is 25.0 Å². The van der Waals surface area contributed by atoms with E-state index < -0.39 is 39.3 Å². The summed E-state index contributed by atoms with van der Waals surface area (Å²) >= 11 is 18.5. The third kappa shape index (κ3) is 27.3. The number of imidazole rings is 3. The van der Waals surface area contributed by atoms with Crippen molar-refractivity contribution in [3.05, 3.63) is 169 Å². The number of anilines is 7. The van der Waals surface area contributed by atoms with Gasteiger partial charge in [-0.3, -0.25) is 38.1 Å². The molecule has 11 aromatic rings. The molecule has 10 fully saturated rings. The monoisotopic (exact) mass is 2150 g/mol. The number of aliphatic imine (C=N–C) groups is 1. The van der Waals surface area contributed by atoms with E-state index in [1.807, 2.05) is 96.0 Å². The third-order valence-corrected chi connectivity index (χ3v) is 33.8. The molecule has 3 unspecified atom stereocenters. The van der Waals surface area contributed by atoms with Crippen LogP contribution in [0.3, 0.4) is 0 Å². The van der Waals surface area contributed by atoms with Crippen molar-refractivity contribution in [3.63, 3.8) is 0 Å². The van der Waals surface area contributed by atoms with Crippen LogP contribution in [-0.4, -0.2) is 203 Å². The number of hydrogen-bond acceptors (Lipinski definition) is 30. The van der Waals surface area contributed by atoms with Crippen LogP contribution in [0.15, 0.2) is 122 Å². The van der Waals surface area contributed by atoms with Crippen LogP contribution in [0.4, 0.5) is 45.5 Å². The van der Waals surface area contributed by atoms with E-state index >= 15 is 0 Å². The molecule has 147 heavy (non-hydrogen) atoms. The molecule has 788 valence electrons. The second-order valence-electron chi connectivity index (χ2n) is 40.2. The molecule has 8 aliphatic heterocycles. The number of carbonyl (C=O) groups is 3. The molecule has 3 atom stereocenters. The number of hydrogen-bond donors (Lipinski definition) is 5. The molecule has 3 aliphatic carbocycles. The van der Waals surface area contributed by atoms with E-state index in [4.69, 9.17) is 99.4 Å². The molecule has 41 heteroatoms. The number of primary amides is 1. The molecular weight excluding hydrogens is 2020 g/mol. The lowest BCUT2D eigenvalue weighted by atomic mass is 9.91. The van der Waals surface area contributed by atoms with Gasteiger partial charge >= 0.3 is 0 Å². The summed E-state index contributed by atoms with van der Waals surface area (Å²) in [6.45, 7) is 15.5. The number of nitrogens with two attached hydrogens (primary N) is 2. The van der Waals surface area contributed by atoms with Gasteiger partial charge in [0.1, 0.15) is 80.3 Å². The summed E-state index contributed by atoms with van der Waals surface area (Å²) in [4.78, 5) is 73.3. The fourth-order valence-electron chi connectivity index (χ4n) is 20.2. The number of nitrogen functional groups attached to an aromatic ring is 1. The molecule has 1 amide bonds. The van der Waals surface area contributed by atoms with Crippen molar-refractivity contribution in [2.24, 2.45) is 28.5 Å². The van der Waals surface area contributed by atoms with Gasteiger partial charge in [0.15, 0.2) is 56.3 Å². The molecule has 0 bridgehead atoms. The van der Waals surface area contributed by atoms with Crippen molar-refractivity contribution in [2.45, 2.75) is 257 Å². The number of fused-ring (bicyclic) bond motifs is 4. The average Bonchev–Trinajstić information content (AvgIpc) is 1.62. The van der Waals surface area contributed by atoms with Gasteiger partial charge in [0.2, 0.25) is 5.91 Å². The van der Waals surface area contributed by atoms with Crippen molar-refractivity contribution in [1.82, 2.24) is 48.6 Å². The summed E-state index contributed by atoms with van der Waals surface area (Å²) in [6.07, 6.45) is 28.0. The minimum absolute atomic E-state index is 0.00853. The van der Waals surface area contributed by atoms with Crippen molar-refractivity contribution in [2.75, 3.05) is 119 Å². The van der Waals surface area contributed by atoms with Gasteiger partial charge in [-0.1, -0.05) is 59.1 Å². The van der Waals surface area contributed by atoms with Gasteiger partial charge in [0.05, 0.1) is 81.5 Å². The number of ketones is 2. The fraction of sp³-hybridized carbons (Fsp3) is 0.519. The number of sulfone groups is 4. The van der Waals surface area contributed by atoms with Gasteiger partial charge in [0, 0.05) is 146 Å². The van der Waals surface area contributed by atoms with Crippen LogP contribution in [0.1, 0.15) is 254 Å². The quantitative estimate of drug-likeness (QED) is 0.0277. The molecule has 7 aromatic heterocycles. The predicted molar refractivity (Wildman–Crippen MR) is 567 cm³/mol. The second kappa shape index (κ2) is 47.2. The molecule has 22 rings (SSSR count). The van der Waals surface area contributed by atoms with Gasteiger partial charge in [-0.2, -0.15) is 0 Å². The molecule has 7 saturated heterocycles. The highest BCUT2D eigenvalue weighted by Gasteiger charge is 2.36. The molecule has 4 aromatic carbocycles. The molecule has 34 nitrogen and oxygen atoms in total. The van der Waals surface area contributed by atoms with E-state index in [0.717, 1.165) is 224 Å². The molecule has 7 N–H and O–H groups in total. The van der Waals surface area contributed by atoms with Crippen LogP contribution in [0.5, 0.6) is 0 Å². The highest BCUT2D eigenvalue weighted by molar-refractivity contribution is 7.91. The van der Waals surface area contributed by atoms with Crippen LogP contribution in [-0.2, 0) is 106 Å². The number of nitrogens with one attached hydrogen (secondary N) is 3. The number of carbonyl (C=O) groups excluding carboxylic acids is 3. The Morgan fingerprint density at radius 1 is 0.367 bits per heavy atom. The Labute approximate surface area is 873 Å². The average molecular weight is 2150 g/mol. The largest absolute Gasteiger partial charge is 0.398 e. The Morgan fingerprint density at radius 3 is 1.06 bits per heavy atom. The van der Waals surface area contributed by atoms with Crippen molar-refractivity contribution in [3.8, 4) is 0 Å². The molecule has 3 saturated carbocycles. The summed E-state index contributed by atoms with van der Waals surface area (Å²) in [6, 6.07) is 29.2. The third-order valence-electron chi connectivity index (χ3n) is 28.6. The number of aryl methyl sites for hydroxylation is 3. The van der Waals surface area contributed by atoms with E-state index in [2.05, 4.69) is 35.9 Å². The highest BCUT2D eigenvalue weighted by atomic mass is 35.5. The predicted octanol–water partition coefficient (Wildman–Crippen LogP) is 19.6. The second-order valence-corrected chi connectivity index (χ2v) is 49.3. The van der Waals surface area contributed by atoms with Crippen molar-refractivity contribution < 1.29 is 81.2 Å². The molecule has 15 heterocycles. The van der Waals surface area contributed by atoms with Crippen LogP contribution in [0, 0.1) is 38.5 Å². The smallest absolute Gasteiger partial charge is 0.220 e. The van der Waals surface area contributed by atoms with Crippen LogP contribution in [0.2, 0.25) is 15.3 Å². The maximum atomic E-state index is 12.9. The van der Waals surface area contributed by atoms with Crippen molar-refractivity contribution in [1.29, 1.82) is 0 Å². The van der Waals surface area contributed by atoms with E-state index in [-0.39, 0.29) is 85.8 Å². The normalized spacial score (nSPS) is 19.8. The van der Waals surface area contributed by atoms with Gasteiger partial charge in [-0.25, -0.2) is 63.6 Å². The Hall–Kier alpha value is -10.0. The van der Waals surface area contributed by atoms with E-state index in [1.54, 1.807) is 42.5 Å². The van der Waals surface area contributed by atoms with Gasteiger partial charge in [0.25, 0.3) is 0 Å². The summed E-state index contributed by atoms with van der Waals surface area (Å²) < 4.78 is 146. The number of pyridine rings is 4. The van der Waals surface area contributed by atoms with Crippen molar-refractivity contribution >= 4 is 176 Å². The first-order valence-corrected chi connectivity index (χ1v) is 59.7. The number of Topliss-reactive ketones (excluding diaryl/α,β-unsaturated/α-hetero) is 2. The number of ether oxygens (including phenoxy) is 7. The molecule has 0 radical (unpaired) electrons. The lowest BCUT2D eigenvalue weighted by Gasteiger charge is -2.25. The fourth-order valence-corrected chi connectivity index (χ4v) is 24.4. The van der Waals surface area contributed by atoms with Gasteiger partial charge in [-0.05, 0) is 288 Å². The lowest BCUT2D eigenvalue weighted by Crippen LogP contribution is -2.19. The maximum absolute atomic E-state index is 12.9. The van der Waals surface area contributed by atoms with Crippen LogP contribution < -0.4 is 27.4 Å². The number of nitrogens with zero attached hydrogens (tertiary/aromatic N) is 11. The maximum Gasteiger partial charge on any atom is 0.220 e. The van der Waals surface area contributed by atoms with E-state index in [0.29, 0.717) is 183 Å². The minimum Gasteiger partial charge on any atom is -0.398 e. The first-order valence-electron chi connectivity index (χ1n) is 51.0. The number of halogens is 3. The standard InChI is InChI=1S/C29H36N4O5S.C25H29N3O4S.C24H29ClN4O4S.C12H13Cl2N3O.C12H17NO3S.C4H7NO/c1-18-30-28-24(32-23-9-8-21(15-26(23)39(2,35)36)19-10-13-37-14-11-19)16-22(17-25(34)20-6-7-20)31-29(28)33(18)27-5-3-4-12-38-27;1-15-11-21-25(26-15)22(13-19(27-21)14-23(29)17-3-4-17)28-20-6-5-18(12-24(20)33(2,30)31)16-7-9-32-10-8-16;1-15-26-23-19(14-21(25)28-24(23)29(15)22-5-3-4-10-33-22)27-18-7-6-17(13-20(18)34(2,30)31)16-8-11-32-12-9-16;1-7-15-11-8(13)6-9(14)16-12(11)17(7)10-4-2-3-5-18-10;1-17(14,15)12-8-10(2-3-11(12)13)9-4-6-16-7-5-9;5-4(6)3-1-2-3/h8-9,15-16,19-20,27H,3-7,10-14,17H2,1-2H3,(H,31,32);5-6,12-13,16-17H,3-4,7-11,14H2,1-2H3,(H,27,28);6-7,13-14,16,22H,3-5,8-12H2,1-2H3,(H,27,28);6,10H,2-5H2,1H3;2-3,8-9H,4-7,13H2,1H3;3H,1-2H2,(H2,5,6). The Bertz CT molecular complexity index is 7230. The molecular formula is C106H131Cl3N16O18S4. The van der Waals surface area contributed by atoms with Gasteiger partial charge < -0.3 is 60.6 Å².